The summed E-state index contributed by atoms with van der Waals surface area (Å²) in [6.45, 7) is 15.4. The number of nitrogens with one attached hydrogen (secondary N) is 2. The average molecular weight is 409 g/mol. The lowest BCUT2D eigenvalue weighted by molar-refractivity contribution is -0.150. The monoisotopic (exact) mass is 408 g/mol. The van der Waals surface area contributed by atoms with Gasteiger partial charge in [-0.2, -0.15) is 0 Å². The smallest absolute Gasteiger partial charge is 0.324 e. The molecule has 0 heterocycles. The molecular formula is C18H36N2O4S2. The van der Waals surface area contributed by atoms with Gasteiger partial charge in [0.25, 0.3) is 0 Å². The second-order valence-electron chi connectivity index (χ2n) is 7.29. The van der Waals surface area contributed by atoms with E-state index in [2.05, 4.69) is 10.6 Å². The minimum Gasteiger partial charge on any atom is -0.462 e. The van der Waals surface area contributed by atoms with Crippen molar-refractivity contribution >= 4 is 33.5 Å². The molecule has 0 aromatic rings. The molecule has 26 heavy (non-hydrogen) atoms. The molecular weight excluding hydrogens is 372 g/mol. The predicted octanol–water partition coefficient (Wildman–Crippen LogP) is 3.00. The van der Waals surface area contributed by atoms with Gasteiger partial charge in [-0.1, -0.05) is 49.3 Å². The summed E-state index contributed by atoms with van der Waals surface area (Å²) in [5.74, 6) is 0.667. The fourth-order valence-corrected chi connectivity index (χ4v) is 4.36. The highest BCUT2D eigenvalue weighted by Gasteiger charge is 2.24. The molecule has 0 radical (unpaired) electrons. The third-order valence-corrected chi connectivity index (χ3v) is 5.32. The van der Waals surface area contributed by atoms with Crippen LogP contribution in [0, 0.1) is 0 Å². The molecule has 154 valence electrons. The molecule has 0 fully saturated rings. The first-order valence-corrected chi connectivity index (χ1v) is 11.7. The van der Waals surface area contributed by atoms with E-state index in [1.165, 1.54) is 0 Å². The number of ether oxygens (including phenoxy) is 2. The quantitative estimate of drug-likeness (QED) is 0.274. The Labute approximate surface area is 166 Å². The maximum absolute atomic E-state index is 12.2. The van der Waals surface area contributed by atoms with Crippen LogP contribution in [0.4, 0.5) is 0 Å². The summed E-state index contributed by atoms with van der Waals surface area (Å²) in [6, 6.07) is -0.369. The Balaban J connectivity index is 4.55. The predicted molar refractivity (Wildman–Crippen MR) is 111 cm³/mol. The molecule has 0 aliphatic heterocycles. The molecule has 0 aromatic carbocycles. The molecule has 2 atom stereocenters. The summed E-state index contributed by atoms with van der Waals surface area (Å²) >= 11 is 0. The van der Waals surface area contributed by atoms with Crippen LogP contribution in [-0.2, 0) is 19.1 Å². The molecule has 0 aromatic heterocycles. The molecule has 0 spiro atoms. The van der Waals surface area contributed by atoms with Crippen molar-refractivity contribution in [2.24, 2.45) is 0 Å². The van der Waals surface area contributed by atoms with Crippen LogP contribution < -0.4 is 10.6 Å². The van der Waals surface area contributed by atoms with E-state index in [1.807, 2.05) is 55.4 Å². The van der Waals surface area contributed by atoms with Gasteiger partial charge in [0, 0.05) is 23.6 Å². The Morgan fingerprint density at radius 1 is 0.692 bits per heavy atom. The standard InChI is InChI=1S/C18H36N2O4S2/c1-11(2)19-15(17(21)23-13(5)6)9-25-26-10-16(20-12(3)4)18(22)24-14(7)8/h11-16,19-20H,9-10H2,1-8H3. The van der Waals surface area contributed by atoms with Crippen molar-refractivity contribution in [3.05, 3.63) is 0 Å². The molecule has 8 heteroatoms. The lowest BCUT2D eigenvalue weighted by Crippen LogP contribution is -2.45. The van der Waals surface area contributed by atoms with Gasteiger partial charge in [0.1, 0.15) is 12.1 Å². The van der Waals surface area contributed by atoms with Crippen LogP contribution in [-0.4, -0.2) is 59.8 Å². The number of hydrogen-bond acceptors (Lipinski definition) is 8. The maximum atomic E-state index is 12.2. The van der Waals surface area contributed by atoms with E-state index < -0.39 is 0 Å². The van der Waals surface area contributed by atoms with E-state index in [-0.39, 0.29) is 48.3 Å². The highest BCUT2D eigenvalue weighted by atomic mass is 33.1. The molecule has 0 amide bonds. The zero-order valence-electron chi connectivity index (χ0n) is 17.3. The summed E-state index contributed by atoms with van der Waals surface area (Å²) in [5.41, 5.74) is 0. The molecule has 0 aliphatic rings. The second-order valence-corrected chi connectivity index (χ2v) is 9.84. The zero-order valence-corrected chi connectivity index (χ0v) is 19.0. The average Bonchev–Trinajstić information content (AvgIpc) is 2.46. The molecule has 0 bridgehead atoms. The Morgan fingerprint density at radius 2 is 1.00 bits per heavy atom. The summed E-state index contributed by atoms with van der Waals surface area (Å²) < 4.78 is 10.6. The Kier molecular flexibility index (Phi) is 13.5. The van der Waals surface area contributed by atoms with Gasteiger partial charge < -0.3 is 20.1 Å². The Morgan fingerprint density at radius 3 is 1.23 bits per heavy atom. The number of carbonyl (C=O) groups is 2. The van der Waals surface area contributed by atoms with Crippen LogP contribution in [0.5, 0.6) is 0 Å². The molecule has 2 unspecified atom stereocenters. The van der Waals surface area contributed by atoms with E-state index in [4.69, 9.17) is 9.47 Å². The molecule has 0 saturated carbocycles. The van der Waals surface area contributed by atoms with Gasteiger partial charge in [-0.3, -0.25) is 9.59 Å². The second kappa shape index (κ2) is 13.7. The molecule has 0 aliphatic carbocycles. The first-order valence-electron chi connectivity index (χ1n) is 9.20. The van der Waals surface area contributed by atoms with Crippen molar-refractivity contribution in [3.63, 3.8) is 0 Å². The summed E-state index contributed by atoms with van der Waals surface area (Å²) in [5, 5.41) is 6.48. The SMILES string of the molecule is CC(C)NC(CSSCC(NC(C)C)C(=O)OC(C)C)C(=O)OC(C)C. The lowest BCUT2D eigenvalue weighted by atomic mass is 10.3. The van der Waals surface area contributed by atoms with Crippen LogP contribution in [0.25, 0.3) is 0 Å². The van der Waals surface area contributed by atoms with Gasteiger partial charge >= 0.3 is 11.9 Å². The van der Waals surface area contributed by atoms with Crippen molar-refractivity contribution in [3.8, 4) is 0 Å². The van der Waals surface area contributed by atoms with Crippen molar-refractivity contribution in [2.45, 2.75) is 91.8 Å². The summed E-state index contributed by atoms with van der Waals surface area (Å²) in [4.78, 5) is 24.4. The lowest BCUT2D eigenvalue weighted by Gasteiger charge is -2.22. The van der Waals surface area contributed by atoms with Crippen LogP contribution in [0.15, 0.2) is 0 Å². The number of carbonyl (C=O) groups excluding carboxylic acids is 2. The van der Waals surface area contributed by atoms with Gasteiger partial charge in [-0.15, -0.1) is 0 Å². The minimum atomic E-state index is -0.367. The summed E-state index contributed by atoms with van der Waals surface area (Å²) in [6.07, 6.45) is -0.274. The van der Waals surface area contributed by atoms with E-state index in [0.29, 0.717) is 11.5 Å². The van der Waals surface area contributed by atoms with E-state index in [9.17, 15) is 9.59 Å². The highest BCUT2D eigenvalue weighted by molar-refractivity contribution is 8.76. The van der Waals surface area contributed by atoms with Crippen molar-refractivity contribution in [2.75, 3.05) is 11.5 Å². The normalized spacial score (nSPS) is 14.2. The largest absolute Gasteiger partial charge is 0.462 e. The maximum Gasteiger partial charge on any atom is 0.324 e. The number of hydrogen-bond donors (Lipinski definition) is 2. The Hall–Kier alpha value is -0.440. The van der Waals surface area contributed by atoms with E-state index in [1.54, 1.807) is 21.6 Å². The fourth-order valence-electron chi connectivity index (χ4n) is 2.03. The van der Waals surface area contributed by atoms with Crippen LogP contribution >= 0.6 is 21.6 Å². The van der Waals surface area contributed by atoms with Gasteiger partial charge in [-0.05, 0) is 27.7 Å². The fraction of sp³-hybridized carbons (Fsp3) is 0.889. The highest BCUT2D eigenvalue weighted by Crippen LogP contribution is 2.24. The molecule has 6 nitrogen and oxygen atoms in total. The topological polar surface area (TPSA) is 76.7 Å². The van der Waals surface area contributed by atoms with Crippen LogP contribution in [0.1, 0.15) is 55.4 Å². The van der Waals surface area contributed by atoms with Gasteiger partial charge in [0.2, 0.25) is 0 Å². The molecule has 0 rings (SSSR count). The minimum absolute atomic E-state index is 0.137. The van der Waals surface area contributed by atoms with Crippen LogP contribution in [0.2, 0.25) is 0 Å². The van der Waals surface area contributed by atoms with E-state index in [0.717, 1.165) is 0 Å². The molecule has 0 saturated heterocycles. The van der Waals surface area contributed by atoms with Gasteiger partial charge in [0.05, 0.1) is 12.2 Å². The van der Waals surface area contributed by atoms with Gasteiger partial charge in [-0.25, -0.2) is 0 Å². The van der Waals surface area contributed by atoms with Crippen molar-refractivity contribution in [1.29, 1.82) is 0 Å². The first kappa shape index (κ1) is 25.6. The number of esters is 2. The Bertz CT molecular complexity index is 380. The van der Waals surface area contributed by atoms with Gasteiger partial charge in [0.15, 0.2) is 0 Å². The van der Waals surface area contributed by atoms with E-state index >= 15 is 0 Å². The summed E-state index contributed by atoms with van der Waals surface area (Å²) in [7, 11) is 3.11. The third-order valence-electron chi connectivity index (χ3n) is 2.89. The third kappa shape index (κ3) is 12.8. The van der Waals surface area contributed by atoms with Crippen molar-refractivity contribution in [1.82, 2.24) is 10.6 Å². The number of rotatable bonds is 13. The first-order chi connectivity index (χ1) is 12.0. The zero-order chi connectivity index (χ0) is 20.3. The van der Waals surface area contributed by atoms with Crippen molar-refractivity contribution < 1.29 is 19.1 Å². The van der Waals surface area contributed by atoms with Crippen LogP contribution in [0.3, 0.4) is 0 Å². The molecule has 2 N–H and O–H groups in total.